The van der Waals surface area contributed by atoms with Crippen molar-refractivity contribution in [2.75, 3.05) is 34.4 Å². The van der Waals surface area contributed by atoms with Gasteiger partial charge in [0.2, 0.25) is 0 Å². The topological polar surface area (TPSA) is 120 Å². The first-order valence-corrected chi connectivity index (χ1v) is 9.78. The summed E-state index contributed by atoms with van der Waals surface area (Å²) in [6.45, 7) is 3.01. The minimum absolute atomic E-state index is 0.0137. The lowest BCUT2D eigenvalue weighted by Gasteiger charge is -2.17. The number of alkyl carbamates (subject to hydrolysis) is 1. The molecule has 32 heavy (non-hydrogen) atoms. The van der Waals surface area contributed by atoms with Crippen molar-refractivity contribution < 1.29 is 38.1 Å². The van der Waals surface area contributed by atoms with Gasteiger partial charge in [0.05, 0.1) is 25.9 Å². The molecule has 0 aliphatic carbocycles. The fourth-order valence-corrected chi connectivity index (χ4v) is 2.42. The molecule has 0 spiro atoms. The average Bonchev–Trinajstić information content (AvgIpc) is 2.76. The summed E-state index contributed by atoms with van der Waals surface area (Å²) in [4.78, 5) is 51.7. The Kier molecular flexibility index (Phi) is 11.0. The van der Waals surface area contributed by atoms with Gasteiger partial charge >= 0.3 is 24.0 Å². The summed E-state index contributed by atoms with van der Waals surface area (Å²) in [5.74, 6) is -3.01. The number of nitrogens with one attached hydrogen (secondary N) is 1. The first kappa shape index (κ1) is 26.2. The molecule has 0 aliphatic heterocycles. The van der Waals surface area contributed by atoms with Gasteiger partial charge in [0, 0.05) is 20.3 Å². The van der Waals surface area contributed by atoms with Crippen molar-refractivity contribution in [3.05, 3.63) is 58.9 Å². The number of rotatable bonds is 10. The number of esters is 3. The molecule has 0 atom stereocenters. The number of hydrogen-bond acceptors (Lipinski definition) is 9. The van der Waals surface area contributed by atoms with Crippen LogP contribution < -0.4 is 5.32 Å². The summed E-state index contributed by atoms with van der Waals surface area (Å²) in [5.41, 5.74) is -0.747. The zero-order valence-corrected chi connectivity index (χ0v) is 18.8. The van der Waals surface area contributed by atoms with Gasteiger partial charge in [-0.25, -0.2) is 19.2 Å². The maximum Gasteiger partial charge on any atom is 0.412 e. The number of methoxy groups -OCH3 is 1. The highest BCUT2D eigenvalue weighted by molar-refractivity contribution is 6.12. The number of carbonyl (C=O) groups excluding carboxylic acids is 4. The van der Waals surface area contributed by atoms with E-state index >= 15 is 0 Å². The summed E-state index contributed by atoms with van der Waals surface area (Å²) in [6.07, 6.45) is 0.230. The fourth-order valence-electron chi connectivity index (χ4n) is 2.42. The monoisotopic (exact) mass is 448 g/mol. The Hall–Kier alpha value is -3.82. The second-order valence-electron chi connectivity index (χ2n) is 6.38. The highest BCUT2D eigenvalue weighted by atomic mass is 16.6. The molecular formula is C22H28N2O8. The molecule has 10 heteroatoms. The van der Waals surface area contributed by atoms with Crippen molar-refractivity contribution in [3.8, 4) is 0 Å². The first-order chi connectivity index (χ1) is 15.2. The summed E-state index contributed by atoms with van der Waals surface area (Å²) in [7, 11) is 4.25. The molecule has 0 fully saturated rings. The molecule has 0 unspecified atom stereocenters. The molecule has 1 rings (SSSR count). The van der Waals surface area contributed by atoms with E-state index in [2.05, 4.69) is 5.32 Å². The van der Waals surface area contributed by atoms with E-state index in [4.69, 9.17) is 18.9 Å². The number of benzene rings is 1. The van der Waals surface area contributed by atoms with E-state index in [0.29, 0.717) is 5.56 Å². The third-order valence-corrected chi connectivity index (χ3v) is 3.71. The molecule has 0 bridgehead atoms. The van der Waals surface area contributed by atoms with E-state index in [1.807, 2.05) is 0 Å². The van der Waals surface area contributed by atoms with Crippen LogP contribution in [-0.2, 0) is 39.9 Å². The van der Waals surface area contributed by atoms with Crippen LogP contribution in [0.4, 0.5) is 4.79 Å². The molecule has 0 saturated carbocycles. The highest BCUT2D eigenvalue weighted by Gasteiger charge is 2.32. The second kappa shape index (κ2) is 13.5. The lowest BCUT2D eigenvalue weighted by molar-refractivity contribution is -0.143. The predicted molar refractivity (Wildman–Crippen MR) is 114 cm³/mol. The molecule has 0 saturated heterocycles. The van der Waals surface area contributed by atoms with Gasteiger partial charge < -0.3 is 23.8 Å². The Morgan fingerprint density at radius 1 is 0.906 bits per heavy atom. The van der Waals surface area contributed by atoms with Crippen molar-refractivity contribution in [3.63, 3.8) is 0 Å². The van der Waals surface area contributed by atoms with E-state index in [1.54, 1.807) is 58.3 Å². The van der Waals surface area contributed by atoms with Gasteiger partial charge in [-0.1, -0.05) is 30.3 Å². The number of nitrogens with zero attached hydrogens (tertiary/aromatic N) is 1. The van der Waals surface area contributed by atoms with Crippen LogP contribution in [0.3, 0.4) is 0 Å². The fraction of sp³-hybridized carbons (Fsp3) is 0.364. The average molecular weight is 448 g/mol. The van der Waals surface area contributed by atoms with Crippen LogP contribution in [0.2, 0.25) is 0 Å². The molecule has 0 aliphatic rings. The molecule has 174 valence electrons. The van der Waals surface area contributed by atoms with Crippen molar-refractivity contribution in [2.24, 2.45) is 0 Å². The highest BCUT2D eigenvalue weighted by Crippen LogP contribution is 2.20. The number of carbonyl (C=O) groups is 4. The lowest BCUT2D eigenvalue weighted by Crippen LogP contribution is -2.33. The summed E-state index contributed by atoms with van der Waals surface area (Å²) < 4.78 is 19.9. The van der Waals surface area contributed by atoms with Gasteiger partial charge in [0.15, 0.2) is 0 Å². The van der Waals surface area contributed by atoms with Crippen LogP contribution in [0.1, 0.15) is 19.4 Å². The molecule has 1 aromatic rings. The molecule has 10 nitrogen and oxygen atoms in total. The minimum atomic E-state index is -1.08. The zero-order valence-electron chi connectivity index (χ0n) is 18.8. The van der Waals surface area contributed by atoms with Crippen LogP contribution in [-0.4, -0.2) is 63.3 Å². The molecule has 1 amide bonds. The quantitative estimate of drug-likeness (QED) is 0.248. The zero-order chi connectivity index (χ0) is 24.1. The van der Waals surface area contributed by atoms with Gasteiger partial charge in [0.1, 0.15) is 17.9 Å². The Morgan fingerprint density at radius 3 is 2.03 bits per heavy atom. The Balaban J connectivity index is 3.45. The Morgan fingerprint density at radius 2 is 1.50 bits per heavy atom. The van der Waals surface area contributed by atoms with Crippen molar-refractivity contribution in [1.29, 1.82) is 0 Å². The standard InChI is InChI=1S/C22H28N2O8/c1-6-30-19(25)16(13-24(3)4)17(20(26)31-7-2)18(21(27)29-5)23-22(28)32-14-15-11-9-8-10-12-15/h8-13H,6-7,14H2,1-5H3,(H,23,28)/b16-13+,18-17+. The van der Waals surface area contributed by atoms with Crippen LogP contribution in [0, 0.1) is 0 Å². The normalized spacial score (nSPS) is 11.6. The molecule has 0 aromatic heterocycles. The second-order valence-corrected chi connectivity index (χ2v) is 6.38. The van der Waals surface area contributed by atoms with Crippen LogP contribution in [0.15, 0.2) is 53.4 Å². The summed E-state index contributed by atoms with van der Waals surface area (Å²) >= 11 is 0. The maximum absolute atomic E-state index is 12.8. The minimum Gasteiger partial charge on any atom is -0.464 e. The largest absolute Gasteiger partial charge is 0.464 e. The number of amides is 1. The summed E-state index contributed by atoms with van der Waals surface area (Å²) in [6, 6.07) is 8.83. The SMILES string of the molecule is CCOC(=O)C(=C/N(C)C)/C(C(=O)OCC)=C(\NC(=O)OCc1ccccc1)C(=O)OC. The predicted octanol–water partition coefficient (Wildman–Crippen LogP) is 1.91. The van der Waals surface area contributed by atoms with Gasteiger partial charge in [-0.2, -0.15) is 0 Å². The molecule has 0 heterocycles. The molecule has 0 radical (unpaired) electrons. The van der Waals surface area contributed by atoms with Crippen LogP contribution in [0.25, 0.3) is 0 Å². The smallest absolute Gasteiger partial charge is 0.412 e. The van der Waals surface area contributed by atoms with E-state index in [0.717, 1.165) is 7.11 Å². The molecule has 1 N–H and O–H groups in total. The van der Waals surface area contributed by atoms with Crippen LogP contribution >= 0.6 is 0 Å². The van der Waals surface area contributed by atoms with Gasteiger partial charge in [-0.3, -0.25) is 5.32 Å². The van der Waals surface area contributed by atoms with Crippen molar-refractivity contribution >= 4 is 24.0 Å². The number of hydrogen-bond donors (Lipinski definition) is 1. The van der Waals surface area contributed by atoms with E-state index in [-0.39, 0.29) is 25.4 Å². The van der Waals surface area contributed by atoms with E-state index in [9.17, 15) is 19.2 Å². The first-order valence-electron chi connectivity index (χ1n) is 9.78. The van der Waals surface area contributed by atoms with Gasteiger partial charge in [-0.05, 0) is 19.4 Å². The third-order valence-electron chi connectivity index (χ3n) is 3.71. The van der Waals surface area contributed by atoms with E-state index in [1.165, 1.54) is 11.1 Å². The van der Waals surface area contributed by atoms with Gasteiger partial charge in [-0.15, -0.1) is 0 Å². The number of ether oxygens (including phenoxy) is 4. The molecule has 1 aromatic carbocycles. The van der Waals surface area contributed by atoms with Crippen molar-refractivity contribution in [2.45, 2.75) is 20.5 Å². The van der Waals surface area contributed by atoms with Crippen LogP contribution in [0.5, 0.6) is 0 Å². The Labute approximate surface area is 186 Å². The third kappa shape index (κ3) is 8.13. The Bertz CT molecular complexity index is 875. The lowest BCUT2D eigenvalue weighted by atomic mass is 10.0. The van der Waals surface area contributed by atoms with Gasteiger partial charge in [0.25, 0.3) is 0 Å². The molecular weight excluding hydrogens is 420 g/mol. The van der Waals surface area contributed by atoms with E-state index < -0.39 is 35.3 Å². The van der Waals surface area contributed by atoms with Crippen molar-refractivity contribution in [1.82, 2.24) is 10.2 Å². The summed E-state index contributed by atoms with van der Waals surface area (Å²) in [5, 5.41) is 2.20. The maximum atomic E-state index is 12.8.